The van der Waals surface area contributed by atoms with Gasteiger partial charge in [0.05, 0.1) is 10.3 Å². The Morgan fingerprint density at radius 3 is 2.86 bits per heavy atom. The van der Waals surface area contributed by atoms with Gasteiger partial charge in [0.2, 0.25) is 0 Å². The molecule has 1 aliphatic heterocycles. The van der Waals surface area contributed by atoms with Crippen molar-refractivity contribution < 1.29 is 14.7 Å². The molecule has 1 saturated heterocycles. The zero-order valence-electron chi connectivity index (χ0n) is 11.8. The Kier molecular flexibility index (Phi) is 5.47. The van der Waals surface area contributed by atoms with Gasteiger partial charge in [-0.1, -0.05) is 11.6 Å². The number of carboxylic acids is 1. The van der Waals surface area contributed by atoms with Gasteiger partial charge in [-0.15, -0.1) is 11.3 Å². The lowest BCUT2D eigenvalue weighted by atomic mass is 9.92. The van der Waals surface area contributed by atoms with Crippen LogP contribution in [0.25, 0.3) is 0 Å². The smallest absolute Gasteiger partial charge is 0.317 e. The van der Waals surface area contributed by atoms with Crippen LogP contribution in [0, 0.1) is 5.92 Å². The lowest BCUT2D eigenvalue weighted by Gasteiger charge is -2.36. The molecule has 21 heavy (non-hydrogen) atoms. The Labute approximate surface area is 132 Å². The second kappa shape index (κ2) is 7.13. The number of aliphatic carboxylic acids is 1. The van der Waals surface area contributed by atoms with Crippen LogP contribution in [0.3, 0.4) is 0 Å². The van der Waals surface area contributed by atoms with Gasteiger partial charge in [0.15, 0.2) is 0 Å². The standard InChI is InChI=1S/C14H19ClN2O3S/c1-9-8-10(13(18)19)5-7-17(9)14(20)16-6-4-11-2-3-12(15)21-11/h2-3,9-10H,4-8H2,1H3,(H,16,20)(H,18,19). The lowest BCUT2D eigenvalue weighted by molar-refractivity contribution is -0.143. The first-order valence-corrected chi connectivity index (χ1v) is 8.18. The van der Waals surface area contributed by atoms with Crippen LogP contribution in [-0.2, 0) is 11.2 Å². The van der Waals surface area contributed by atoms with Crippen molar-refractivity contribution in [3.05, 3.63) is 21.3 Å². The first kappa shape index (κ1) is 16.1. The van der Waals surface area contributed by atoms with E-state index in [1.54, 1.807) is 4.90 Å². The molecule has 0 radical (unpaired) electrons. The molecule has 7 heteroatoms. The van der Waals surface area contributed by atoms with Crippen LogP contribution in [0.1, 0.15) is 24.6 Å². The SMILES string of the molecule is CC1CC(C(=O)O)CCN1C(=O)NCCc1ccc(Cl)s1. The van der Waals surface area contributed by atoms with Crippen molar-refractivity contribution in [1.29, 1.82) is 0 Å². The first-order valence-electron chi connectivity index (χ1n) is 6.99. The molecule has 2 amide bonds. The molecular formula is C14H19ClN2O3S. The number of nitrogens with zero attached hydrogens (tertiary/aromatic N) is 1. The molecule has 1 aromatic rings. The molecule has 2 unspecified atom stereocenters. The summed E-state index contributed by atoms with van der Waals surface area (Å²) in [6.45, 7) is 2.95. The number of amides is 2. The molecule has 1 aliphatic rings. The Bertz CT molecular complexity index is 520. The fourth-order valence-corrected chi connectivity index (χ4v) is 3.67. The molecule has 0 aromatic carbocycles. The van der Waals surface area contributed by atoms with Crippen LogP contribution in [-0.4, -0.2) is 41.1 Å². The average Bonchev–Trinajstić information content (AvgIpc) is 2.84. The summed E-state index contributed by atoms with van der Waals surface area (Å²) >= 11 is 7.37. The number of thiophene rings is 1. The zero-order chi connectivity index (χ0) is 15.4. The predicted octanol–water partition coefficient (Wildman–Crippen LogP) is 2.84. The fraction of sp³-hybridized carbons (Fsp3) is 0.571. The van der Waals surface area contributed by atoms with Crippen molar-refractivity contribution in [1.82, 2.24) is 10.2 Å². The van der Waals surface area contributed by atoms with Crippen molar-refractivity contribution in [3.63, 3.8) is 0 Å². The first-order chi connectivity index (χ1) is 9.97. The largest absolute Gasteiger partial charge is 0.481 e. The van der Waals surface area contributed by atoms with Gasteiger partial charge in [0.1, 0.15) is 0 Å². The van der Waals surface area contributed by atoms with E-state index in [2.05, 4.69) is 5.32 Å². The van der Waals surface area contributed by atoms with Crippen molar-refractivity contribution in [2.75, 3.05) is 13.1 Å². The summed E-state index contributed by atoms with van der Waals surface area (Å²) in [4.78, 5) is 26.0. The van der Waals surface area contributed by atoms with E-state index in [-0.39, 0.29) is 18.0 Å². The number of nitrogens with one attached hydrogen (secondary N) is 1. The highest BCUT2D eigenvalue weighted by Gasteiger charge is 2.31. The molecule has 116 valence electrons. The van der Waals surface area contributed by atoms with Crippen LogP contribution in [0.2, 0.25) is 4.34 Å². The van der Waals surface area contributed by atoms with Crippen LogP contribution < -0.4 is 5.32 Å². The Morgan fingerprint density at radius 2 is 2.29 bits per heavy atom. The summed E-state index contributed by atoms with van der Waals surface area (Å²) in [5, 5.41) is 11.9. The monoisotopic (exact) mass is 330 g/mol. The lowest BCUT2D eigenvalue weighted by Crippen LogP contribution is -2.50. The van der Waals surface area contributed by atoms with E-state index in [4.69, 9.17) is 16.7 Å². The van der Waals surface area contributed by atoms with E-state index in [0.29, 0.717) is 25.9 Å². The topological polar surface area (TPSA) is 69.6 Å². The van der Waals surface area contributed by atoms with Crippen LogP contribution in [0.4, 0.5) is 4.79 Å². The highest BCUT2D eigenvalue weighted by molar-refractivity contribution is 7.16. The van der Waals surface area contributed by atoms with E-state index in [1.165, 1.54) is 11.3 Å². The second-order valence-electron chi connectivity index (χ2n) is 5.29. The summed E-state index contributed by atoms with van der Waals surface area (Å²) < 4.78 is 0.751. The van der Waals surface area contributed by atoms with Gasteiger partial charge in [-0.25, -0.2) is 4.79 Å². The van der Waals surface area contributed by atoms with Gasteiger partial charge >= 0.3 is 12.0 Å². The van der Waals surface area contributed by atoms with Gasteiger partial charge in [-0.2, -0.15) is 0 Å². The van der Waals surface area contributed by atoms with Crippen molar-refractivity contribution in [3.8, 4) is 0 Å². The number of piperidine rings is 1. The predicted molar refractivity (Wildman–Crippen MR) is 83.0 cm³/mol. The molecule has 0 aliphatic carbocycles. The maximum Gasteiger partial charge on any atom is 0.317 e. The highest BCUT2D eigenvalue weighted by atomic mass is 35.5. The number of rotatable bonds is 4. The number of urea groups is 1. The Hall–Kier alpha value is -1.27. The fourth-order valence-electron chi connectivity index (χ4n) is 2.58. The minimum atomic E-state index is -0.767. The molecule has 5 nitrogen and oxygen atoms in total. The minimum Gasteiger partial charge on any atom is -0.481 e. The van der Waals surface area contributed by atoms with E-state index in [9.17, 15) is 9.59 Å². The second-order valence-corrected chi connectivity index (χ2v) is 7.09. The van der Waals surface area contributed by atoms with Gasteiger partial charge in [0, 0.05) is 24.0 Å². The summed E-state index contributed by atoms with van der Waals surface area (Å²) in [6, 6.07) is 3.65. The third kappa shape index (κ3) is 4.35. The molecule has 2 rings (SSSR count). The van der Waals surface area contributed by atoms with Gasteiger partial charge in [-0.05, 0) is 38.3 Å². The van der Waals surface area contributed by atoms with Crippen molar-refractivity contribution in [2.24, 2.45) is 5.92 Å². The molecule has 2 atom stereocenters. The number of likely N-dealkylation sites (tertiary alicyclic amines) is 1. The zero-order valence-corrected chi connectivity index (χ0v) is 13.4. The Morgan fingerprint density at radius 1 is 1.52 bits per heavy atom. The van der Waals surface area contributed by atoms with E-state index in [0.717, 1.165) is 15.6 Å². The van der Waals surface area contributed by atoms with Crippen LogP contribution >= 0.6 is 22.9 Å². The summed E-state index contributed by atoms with van der Waals surface area (Å²) in [5.74, 6) is -1.10. The third-order valence-corrected chi connectivity index (χ3v) is 5.05. The quantitative estimate of drug-likeness (QED) is 0.891. The molecule has 2 heterocycles. The molecular weight excluding hydrogens is 312 g/mol. The maximum atomic E-state index is 12.1. The summed E-state index contributed by atoms with van der Waals surface area (Å²) in [7, 11) is 0. The third-order valence-electron chi connectivity index (χ3n) is 3.76. The van der Waals surface area contributed by atoms with E-state index < -0.39 is 5.97 Å². The number of carbonyl (C=O) groups excluding carboxylic acids is 1. The Balaban J connectivity index is 1.77. The van der Waals surface area contributed by atoms with E-state index >= 15 is 0 Å². The summed E-state index contributed by atoms with van der Waals surface area (Å²) in [6.07, 6.45) is 1.79. The number of halogens is 1. The number of carbonyl (C=O) groups is 2. The van der Waals surface area contributed by atoms with Crippen molar-refractivity contribution >= 4 is 34.9 Å². The average molecular weight is 331 g/mol. The molecule has 0 bridgehead atoms. The molecule has 0 spiro atoms. The normalized spacial score (nSPS) is 22.1. The van der Waals surface area contributed by atoms with Crippen molar-refractivity contribution in [2.45, 2.75) is 32.2 Å². The number of carboxylic acid groups (broad SMARTS) is 1. The van der Waals surface area contributed by atoms with Crippen LogP contribution in [0.15, 0.2) is 12.1 Å². The van der Waals surface area contributed by atoms with E-state index in [1.807, 2.05) is 19.1 Å². The molecule has 2 N–H and O–H groups in total. The summed E-state index contributed by atoms with van der Waals surface area (Å²) in [5.41, 5.74) is 0. The van der Waals surface area contributed by atoms with Crippen LogP contribution in [0.5, 0.6) is 0 Å². The highest BCUT2D eigenvalue weighted by Crippen LogP contribution is 2.23. The number of hydrogen-bond donors (Lipinski definition) is 2. The maximum absolute atomic E-state index is 12.1. The minimum absolute atomic E-state index is 0.0453. The molecule has 0 saturated carbocycles. The van der Waals surface area contributed by atoms with Gasteiger partial charge < -0.3 is 15.3 Å². The van der Waals surface area contributed by atoms with Gasteiger partial charge in [-0.3, -0.25) is 4.79 Å². The molecule has 1 fully saturated rings. The van der Waals surface area contributed by atoms with Gasteiger partial charge in [0.25, 0.3) is 0 Å². The molecule has 1 aromatic heterocycles. The number of hydrogen-bond acceptors (Lipinski definition) is 3.